The van der Waals surface area contributed by atoms with Gasteiger partial charge in [-0.05, 0) is 0 Å². The van der Waals surface area contributed by atoms with Gasteiger partial charge in [0.05, 0.1) is 0 Å². The quantitative estimate of drug-likeness (QED) is 0.415. The SMILES string of the molecule is O=P.[Co].[LiH].[Mn].[Ni]. The van der Waals surface area contributed by atoms with Crippen LogP contribution in [0.25, 0.3) is 0 Å². The maximum atomic E-state index is 8.06. The second-order valence-electron chi connectivity index (χ2n) is 0. The Hall–Kier alpha value is 2.22. The zero-order chi connectivity index (χ0) is 2.00. The minimum absolute atomic E-state index is 0. The molecule has 0 rings (SSSR count). The van der Waals surface area contributed by atoms with Crippen molar-refractivity contribution in [3.05, 3.63) is 0 Å². The summed E-state index contributed by atoms with van der Waals surface area (Å²) < 4.78 is 8.06. The minimum Gasteiger partial charge on any atom is 0 e. The predicted octanol–water partition coefficient (Wildman–Crippen LogP) is -0.181. The fourth-order valence-corrected chi connectivity index (χ4v) is 0. The third-order valence-corrected chi connectivity index (χ3v) is 0. The first kappa shape index (κ1) is 41.4. The predicted molar refractivity (Wildman–Crippen MR) is 16.2 cm³/mol. The molecule has 0 heterocycles. The molecule has 6 heavy (non-hydrogen) atoms. The van der Waals surface area contributed by atoms with Crippen LogP contribution < -0.4 is 0 Å². The zero-order valence-corrected chi connectivity index (χ0v) is 6.14. The minimum atomic E-state index is 0. The van der Waals surface area contributed by atoms with E-state index in [4.69, 9.17) is 4.57 Å². The number of hydrogen-bond donors (Lipinski definition) is 0. The van der Waals surface area contributed by atoms with Crippen molar-refractivity contribution in [2.45, 2.75) is 0 Å². The molecule has 0 saturated carbocycles. The molecule has 6 heteroatoms. The molecule has 2 radical (unpaired) electrons. The summed E-state index contributed by atoms with van der Waals surface area (Å²) in [6.45, 7) is 0. The average molecular weight is 228 g/mol. The molecule has 0 aromatic carbocycles. The van der Waals surface area contributed by atoms with E-state index in [0.29, 0.717) is 0 Å². The second kappa shape index (κ2) is 56.8. The van der Waals surface area contributed by atoms with E-state index >= 15 is 0 Å². The van der Waals surface area contributed by atoms with Crippen LogP contribution in [-0.4, -0.2) is 18.9 Å². The molecule has 0 aromatic heterocycles. The van der Waals surface area contributed by atoms with E-state index < -0.39 is 0 Å². The van der Waals surface area contributed by atoms with Gasteiger partial charge in [-0.3, -0.25) is 4.57 Å². The smallest absolute Gasteiger partial charge is 0 e. The summed E-state index contributed by atoms with van der Waals surface area (Å²) in [6, 6.07) is 0. The zero-order valence-electron chi connectivity index (χ0n) is 1.94. The molecule has 0 amide bonds. The summed E-state index contributed by atoms with van der Waals surface area (Å²) in [6.07, 6.45) is 0. The van der Waals surface area contributed by atoms with Gasteiger partial charge in [-0.1, -0.05) is 0 Å². The third kappa shape index (κ3) is 34.4. The van der Waals surface area contributed by atoms with Gasteiger partial charge in [-0.15, -0.1) is 0 Å². The van der Waals surface area contributed by atoms with Gasteiger partial charge in [0.1, 0.15) is 9.12 Å². The van der Waals surface area contributed by atoms with Gasteiger partial charge >= 0.3 is 18.9 Å². The molecule has 0 aromatic rings. The van der Waals surface area contributed by atoms with Crippen LogP contribution in [0.2, 0.25) is 0 Å². The van der Waals surface area contributed by atoms with Crippen molar-refractivity contribution in [3.63, 3.8) is 0 Å². The first-order valence-corrected chi connectivity index (χ1v) is 0.612. The van der Waals surface area contributed by atoms with Crippen molar-refractivity contribution in [3.8, 4) is 0 Å². The van der Waals surface area contributed by atoms with Crippen molar-refractivity contribution < 1.29 is 54.9 Å². The Bertz CT molecular complexity index is 15.5. The van der Waals surface area contributed by atoms with Crippen LogP contribution in [0, 0.1) is 0 Å². The Balaban J connectivity index is -0.000000000833. The summed E-state index contributed by atoms with van der Waals surface area (Å²) in [5.41, 5.74) is 0. The Labute approximate surface area is 82.2 Å². The van der Waals surface area contributed by atoms with Crippen LogP contribution in [0.1, 0.15) is 0 Å². The summed E-state index contributed by atoms with van der Waals surface area (Å²) >= 11 is 0. The Morgan fingerprint density at radius 1 is 1.17 bits per heavy atom. The van der Waals surface area contributed by atoms with E-state index in [1.807, 2.05) is 0 Å². The molecule has 0 aliphatic heterocycles. The van der Waals surface area contributed by atoms with Gasteiger partial charge < -0.3 is 0 Å². The van der Waals surface area contributed by atoms with Gasteiger partial charge in [0.25, 0.3) is 0 Å². The molecular weight excluding hydrogens is 226 g/mol. The van der Waals surface area contributed by atoms with E-state index in [1.54, 1.807) is 9.12 Å². The summed E-state index contributed by atoms with van der Waals surface area (Å²) in [4.78, 5) is 0. The molecule has 0 unspecified atom stereocenters. The van der Waals surface area contributed by atoms with Gasteiger partial charge in [0, 0.05) is 50.3 Å². The standard InChI is InChI=1S/Co.Li.Mn.Ni.HOP.H/c;;;;1-2;/h;;;;2H;. The van der Waals surface area contributed by atoms with E-state index in [0.717, 1.165) is 0 Å². The van der Waals surface area contributed by atoms with Crippen molar-refractivity contribution in [2.75, 3.05) is 0 Å². The van der Waals surface area contributed by atoms with Crippen LogP contribution in [0.4, 0.5) is 0 Å². The Morgan fingerprint density at radius 2 is 1.17 bits per heavy atom. The van der Waals surface area contributed by atoms with Gasteiger partial charge in [-0.25, -0.2) is 0 Å². The van der Waals surface area contributed by atoms with Gasteiger partial charge in [-0.2, -0.15) is 0 Å². The van der Waals surface area contributed by atoms with Gasteiger partial charge in [0.2, 0.25) is 0 Å². The van der Waals surface area contributed by atoms with Crippen LogP contribution in [0.15, 0.2) is 0 Å². The molecule has 0 fully saturated rings. The second-order valence-corrected chi connectivity index (χ2v) is 0. The molecule has 1 nitrogen and oxygen atoms in total. The normalized spacial score (nSPS) is 0.667. The number of rotatable bonds is 0. The fraction of sp³-hybridized carbons (Fsp3) is 0. The van der Waals surface area contributed by atoms with E-state index in [2.05, 4.69) is 0 Å². The van der Waals surface area contributed by atoms with Crippen LogP contribution in [-0.2, 0) is 54.9 Å². The summed E-state index contributed by atoms with van der Waals surface area (Å²) in [5, 5.41) is 0. The van der Waals surface area contributed by atoms with Crippen molar-refractivity contribution in [2.24, 2.45) is 0 Å². The van der Waals surface area contributed by atoms with Gasteiger partial charge in [0.15, 0.2) is 0 Å². The first-order chi connectivity index (χ1) is 1.00. The molecule has 0 bridgehead atoms. The molecule has 0 saturated heterocycles. The largest absolute Gasteiger partial charge is 0 e. The fourth-order valence-electron chi connectivity index (χ4n) is 0. The summed E-state index contributed by atoms with van der Waals surface area (Å²) in [7, 11) is 1.72. The molecular formula is H2CoLiMnNiOP. The van der Waals surface area contributed by atoms with Crippen molar-refractivity contribution in [1.82, 2.24) is 0 Å². The van der Waals surface area contributed by atoms with Crippen molar-refractivity contribution >= 4 is 28.0 Å². The van der Waals surface area contributed by atoms with E-state index in [9.17, 15) is 0 Å². The molecule has 0 atom stereocenters. The molecule has 0 aliphatic rings. The molecule has 0 spiro atoms. The van der Waals surface area contributed by atoms with Crippen LogP contribution in [0.5, 0.6) is 0 Å². The number of hydrogen-bond acceptors (Lipinski definition) is 1. The Kier molecular flexibility index (Phi) is 391. The van der Waals surface area contributed by atoms with E-state index in [-0.39, 0.29) is 69.2 Å². The maximum Gasteiger partial charge on any atom is 0 e. The van der Waals surface area contributed by atoms with Crippen molar-refractivity contribution in [1.29, 1.82) is 0 Å². The molecule has 40 valence electrons. The van der Waals surface area contributed by atoms with Crippen LogP contribution >= 0.6 is 9.12 Å². The monoisotopic (exact) mass is 228 g/mol. The Morgan fingerprint density at radius 3 is 1.17 bits per heavy atom. The molecule has 0 aliphatic carbocycles. The topological polar surface area (TPSA) is 17.1 Å². The molecule has 0 N–H and O–H groups in total. The van der Waals surface area contributed by atoms with Crippen LogP contribution in [0.3, 0.4) is 0 Å². The van der Waals surface area contributed by atoms with E-state index in [1.165, 1.54) is 0 Å². The summed E-state index contributed by atoms with van der Waals surface area (Å²) in [5.74, 6) is 0. The maximum absolute atomic E-state index is 8.06. The average Bonchev–Trinajstić information content (AvgIpc) is 1.00. The first-order valence-electron chi connectivity index (χ1n) is 0.204. The third-order valence-electron chi connectivity index (χ3n) is 0.